The quantitative estimate of drug-likeness (QED) is 0.740. The maximum atomic E-state index is 12.1. The summed E-state index contributed by atoms with van der Waals surface area (Å²) in [4.78, 5) is 23.8. The van der Waals surface area contributed by atoms with Crippen LogP contribution in [0.3, 0.4) is 0 Å². The third-order valence-corrected chi connectivity index (χ3v) is 7.72. The molecule has 5 unspecified atom stereocenters. The lowest BCUT2D eigenvalue weighted by molar-refractivity contribution is -0.172. The van der Waals surface area contributed by atoms with Crippen LogP contribution < -0.4 is 0 Å². The molecule has 2 fully saturated rings. The number of esters is 1. The van der Waals surface area contributed by atoms with E-state index in [4.69, 9.17) is 4.74 Å². The Labute approximate surface area is 146 Å². The number of carbonyl (C=O) groups excluding carboxylic acids is 1. The van der Waals surface area contributed by atoms with Crippen molar-refractivity contribution in [3.05, 3.63) is 0 Å². The highest BCUT2D eigenvalue weighted by molar-refractivity contribution is 5.75. The predicted octanol–water partition coefficient (Wildman–Crippen LogP) is 4.66. The number of ether oxygens (including phenoxy) is 1. The fraction of sp³-hybridized carbons (Fsp3) is 0.900. The van der Waals surface area contributed by atoms with E-state index in [1.807, 2.05) is 6.92 Å². The molecular formula is C20H34O4. The molecule has 24 heavy (non-hydrogen) atoms. The number of aliphatic carboxylic acids is 1. The van der Waals surface area contributed by atoms with Gasteiger partial charge in [0, 0.05) is 6.42 Å². The zero-order chi connectivity index (χ0) is 18.2. The molecule has 0 spiro atoms. The third kappa shape index (κ3) is 3.21. The molecule has 0 amide bonds. The summed E-state index contributed by atoms with van der Waals surface area (Å²) in [5, 5.41) is 9.93. The second-order valence-electron chi connectivity index (χ2n) is 9.00. The Morgan fingerprint density at radius 3 is 2.38 bits per heavy atom. The standard InChI is InChI=1S/C20H34O4/c1-6-18(2)11-12-19(3)14(13-18)9-10-20(4,17(22)23)15(19)7-8-16(21)24-5/h14-15H,6-13H2,1-5H3,(H,22,23). The van der Waals surface area contributed by atoms with E-state index in [2.05, 4.69) is 20.8 Å². The van der Waals surface area contributed by atoms with Crippen LogP contribution in [0.1, 0.15) is 79.1 Å². The zero-order valence-electron chi connectivity index (χ0n) is 16.0. The van der Waals surface area contributed by atoms with Gasteiger partial charge in [0.15, 0.2) is 0 Å². The Balaban J connectivity index is 2.31. The average molecular weight is 338 g/mol. The van der Waals surface area contributed by atoms with E-state index in [0.717, 1.165) is 19.3 Å². The van der Waals surface area contributed by atoms with Crippen LogP contribution in [-0.2, 0) is 14.3 Å². The molecule has 0 heterocycles. The highest BCUT2D eigenvalue weighted by atomic mass is 16.5. The van der Waals surface area contributed by atoms with Crippen LogP contribution in [0.15, 0.2) is 0 Å². The molecule has 2 saturated carbocycles. The summed E-state index contributed by atoms with van der Waals surface area (Å²) in [6, 6.07) is 0. The van der Waals surface area contributed by atoms with Gasteiger partial charge in [0.2, 0.25) is 0 Å². The number of fused-ring (bicyclic) bond motifs is 1. The minimum Gasteiger partial charge on any atom is -0.481 e. The second-order valence-corrected chi connectivity index (χ2v) is 9.00. The molecule has 0 aromatic rings. The van der Waals surface area contributed by atoms with Gasteiger partial charge >= 0.3 is 11.9 Å². The number of carboxylic acid groups (broad SMARTS) is 1. The van der Waals surface area contributed by atoms with Crippen molar-refractivity contribution in [1.29, 1.82) is 0 Å². The summed E-state index contributed by atoms with van der Waals surface area (Å²) < 4.78 is 4.80. The first-order valence-electron chi connectivity index (χ1n) is 9.41. The molecule has 0 aromatic heterocycles. The maximum absolute atomic E-state index is 12.1. The molecule has 5 atom stereocenters. The lowest BCUT2D eigenvalue weighted by Crippen LogP contribution is -2.55. The Kier molecular flexibility index (Phi) is 5.37. The van der Waals surface area contributed by atoms with Crippen LogP contribution in [0.2, 0.25) is 0 Å². The van der Waals surface area contributed by atoms with Crippen LogP contribution in [-0.4, -0.2) is 24.2 Å². The van der Waals surface area contributed by atoms with E-state index >= 15 is 0 Å². The average Bonchev–Trinajstić information content (AvgIpc) is 2.55. The van der Waals surface area contributed by atoms with Gasteiger partial charge in [-0.05, 0) is 68.1 Å². The molecule has 0 saturated heterocycles. The first-order valence-corrected chi connectivity index (χ1v) is 9.41. The van der Waals surface area contributed by atoms with Gasteiger partial charge < -0.3 is 9.84 Å². The third-order valence-electron chi connectivity index (χ3n) is 7.72. The van der Waals surface area contributed by atoms with Crippen LogP contribution in [0.25, 0.3) is 0 Å². The van der Waals surface area contributed by atoms with Crippen molar-refractivity contribution < 1.29 is 19.4 Å². The Bertz CT molecular complexity index is 502. The van der Waals surface area contributed by atoms with Gasteiger partial charge in [0.1, 0.15) is 0 Å². The van der Waals surface area contributed by atoms with Crippen molar-refractivity contribution in [2.45, 2.75) is 79.1 Å². The van der Waals surface area contributed by atoms with Crippen LogP contribution in [0.5, 0.6) is 0 Å². The fourth-order valence-corrected chi connectivity index (χ4v) is 5.56. The molecule has 0 aliphatic heterocycles. The number of rotatable bonds is 5. The molecule has 0 radical (unpaired) electrons. The normalized spacial score (nSPS) is 42.2. The van der Waals surface area contributed by atoms with Crippen LogP contribution >= 0.6 is 0 Å². The molecule has 0 aromatic carbocycles. The first kappa shape index (κ1) is 19.3. The van der Waals surface area contributed by atoms with Crippen molar-refractivity contribution in [3.63, 3.8) is 0 Å². The number of methoxy groups -OCH3 is 1. The van der Waals surface area contributed by atoms with Gasteiger partial charge in [0.05, 0.1) is 12.5 Å². The highest BCUT2D eigenvalue weighted by Crippen LogP contribution is 2.64. The topological polar surface area (TPSA) is 63.6 Å². The van der Waals surface area contributed by atoms with E-state index in [1.165, 1.54) is 20.0 Å². The smallest absolute Gasteiger partial charge is 0.309 e. The molecular weight excluding hydrogens is 304 g/mol. The Morgan fingerprint density at radius 2 is 1.83 bits per heavy atom. The van der Waals surface area contributed by atoms with Crippen LogP contribution in [0, 0.1) is 28.1 Å². The van der Waals surface area contributed by atoms with Gasteiger partial charge in [-0.3, -0.25) is 9.59 Å². The molecule has 2 rings (SSSR count). The molecule has 4 nitrogen and oxygen atoms in total. The van der Waals surface area contributed by atoms with E-state index in [0.29, 0.717) is 30.6 Å². The van der Waals surface area contributed by atoms with Gasteiger partial charge in [-0.2, -0.15) is 0 Å². The number of carboxylic acids is 1. The van der Waals surface area contributed by atoms with Crippen molar-refractivity contribution in [1.82, 2.24) is 0 Å². The molecule has 138 valence electrons. The minimum absolute atomic E-state index is 0.00803. The molecule has 1 N–H and O–H groups in total. The highest BCUT2D eigenvalue weighted by Gasteiger charge is 2.58. The summed E-state index contributed by atoms with van der Waals surface area (Å²) in [5.74, 6) is -0.350. The fourth-order valence-electron chi connectivity index (χ4n) is 5.56. The first-order chi connectivity index (χ1) is 11.1. The monoisotopic (exact) mass is 338 g/mol. The van der Waals surface area contributed by atoms with Gasteiger partial charge in [-0.25, -0.2) is 0 Å². The van der Waals surface area contributed by atoms with Crippen molar-refractivity contribution in [2.24, 2.45) is 28.1 Å². The van der Waals surface area contributed by atoms with E-state index in [-0.39, 0.29) is 17.3 Å². The second kappa shape index (κ2) is 6.68. The van der Waals surface area contributed by atoms with Gasteiger partial charge in [-0.1, -0.05) is 27.2 Å². The number of hydrogen-bond donors (Lipinski definition) is 1. The zero-order valence-corrected chi connectivity index (χ0v) is 16.0. The van der Waals surface area contributed by atoms with Gasteiger partial charge in [-0.15, -0.1) is 0 Å². The lowest BCUT2D eigenvalue weighted by atomic mass is 9.44. The van der Waals surface area contributed by atoms with E-state index < -0.39 is 11.4 Å². The summed E-state index contributed by atoms with van der Waals surface area (Å²) in [5.41, 5.74) is -0.346. The summed E-state index contributed by atoms with van der Waals surface area (Å²) >= 11 is 0. The van der Waals surface area contributed by atoms with Crippen molar-refractivity contribution in [2.75, 3.05) is 7.11 Å². The summed E-state index contributed by atoms with van der Waals surface area (Å²) in [6.45, 7) is 8.82. The van der Waals surface area contributed by atoms with Crippen LogP contribution in [0.4, 0.5) is 0 Å². The Hall–Kier alpha value is -1.06. The maximum Gasteiger partial charge on any atom is 0.309 e. The van der Waals surface area contributed by atoms with E-state index in [9.17, 15) is 14.7 Å². The summed E-state index contributed by atoms with van der Waals surface area (Å²) in [6.07, 6.45) is 7.23. The van der Waals surface area contributed by atoms with Crippen molar-refractivity contribution in [3.8, 4) is 0 Å². The molecule has 0 bridgehead atoms. The Morgan fingerprint density at radius 1 is 1.17 bits per heavy atom. The molecule has 4 heteroatoms. The van der Waals surface area contributed by atoms with E-state index in [1.54, 1.807) is 0 Å². The number of carbonyl (C=O) groups is 2. The largest absolute Gasteiger partial charge is 0.481 e. The predicted molar refractivity (Wildman–Crippen MR) is 93.6 cm³/mol. The SMILES string of the molecule is CCC1(C)CCC2(C)C(CCC(C)(C(=O)O)C2CCC(=O)OC)C1. The molecule has 2 aliphatic carbocycles. The lowest BCUT2D eigenvalue weighted by Gasteiger charge is -2.59. The van der Waals surface area contributed by atoms with Crippen molar-refractivity contribution >= 4 is 11.9 Å². The minimum atomic E-state index is -0.737. The number of hydrogen-bond acceptors (Lipinski definition) is 3. The molecule has 2 aliphatic rings. The van der Waals surface area contributed by atoms with Gasteiger partial charge in [0.25, 0.3) is 0 Å². The summed E-state index contributed by atoms with van der Waals surface area (Å²) in [7, 11) is 1.40.